The highest BCUT2D eigenvalue weighted by Gasteiger charge is 1.99. The molecule has 0 saturated carbocycles. The molecule has 0 unspecified atom stereocenters. The summed E-state index contributed by atoms with van der Waals surface area (Å²) in [5, 5.41) is 0. The summed E-state index contributed by atoms with van der Waals surface area (Å²) < 4.78 is 38.3. The molecule has 4 aromatic rings. The van der Waals surface area contributed by atoms with E-state index in [1.807, 2.05) is 49.6 Å². The highest BCUT2D eigenvalue weighted by atomic mass is 32.3. The van der Waals surface area contributed by atoms with Crippen molar-refractivity contribution >= 4 is 22.6 Å². The number of nitrogens with zero attached hydrogens (tertiary/aromatic N) is 2. The van der Waals surface area contributed by atoms with E-state index in [-0.39, 0.29) is 0 Å². The van der Waals surface area contributed by atoms with Gasteiger partial charge < -0.3 is 9.11 Å². The molecule has 9 heteroatoms. The van der Waals surface area contributed by atoms with E-state index < -0.39 is 10.4 Å². The topological polar surface area (TPSA) is 120 Å². The van der Waals surface area contributed by atoms with E-state index in [0.717, 1.165) is 24.2 Å². The summed E-state index contributed by atoms with van der Waals surface area (Å²) in [6, 6.07) is 16.8. The predicted octanol–water partition coefficient (Wildman–Crippen LogP) is 2.65. The molecule has 0 fully saturated rings. The lowest BCUT2D eigenvalue weighted by molar-refractivity contribution is -0.687. The third-order valence-electron chi connectivity index (χ3n) is 4.37. The molecule has 4 rings (SSSR count). The molecule has 2 aromatic heterocycles. The van der Waals surface area contributed by atoms with Crippen molar-refractivity contribution in [2.45, 2.75) is 13.1 Å². The van der Waals surface area contributed by atoms with Crippen LogP contribution in [0.25, 0.3) is 12.2 Å². The van der Waals surface area contributed by atoms with Crippen LogP contribution in [0.3, 0.4) is 0 Å². The van der Waals surface area contributed by atoms with E-state index in [4.69, 9.17) is 17.5 Å². The van der Waals surface area contributed by atoms with E-state index in [2.05, 4.69) is 80.8 Å². The predicted molar refractivity (Wildman–Crippen MR) is 124 cm³/mol. The Kier molecular flexibility index (Phi) is 9.97. The first-order valence-corrected chi connectivity index (χ1v) is 11.2. The van der Waals surface area contributed by atoms with E-state index in [1.54, 1.807) is 0 Å². The minimum atomic E-state index is -5.17. The average Bonchev–Trinajstić information content (AvgIpc) is 3.49. The van der Waals surface area contributed by atoms with Gasteiger partial charge in [0.2, 0.25) is 12.7 Å². The van der Waals surface area contributed by atoms with Crippen LogP contribution >= 0.6 is 0 Å². The number of hydrogen-bond donors (Lipinski definition) is 2. The number of rotatable bonds is 6. The number of aromatic nitrogens is 4. The van der Waals surface area contributed by atoms with Crippen LogP contribution in [-0.4, -0.2) is 27.5 Å². The molecule has 0 amide bonds. The van der Waals surface area contributed by atoms with Crippen molar-refractivity contribution < 1.29 is 26.7 Å². The summed E-state index contributed by atoms with van der Waals surface area (Å²) in [4.78, 5) is 6.04. The van der Waals surface area contributed by atoms with Crippen molar-refractivity contribution in [1.29, 1.82) is 0 Å². The molecule has 0 aliphatic rings. The minimum absolute atomic E-state index is 0.904. The van der Waals surface area contributed by atoms with Gasteiger partial charge in [-0.2, -0.15) is 0 Å². The molecule has 0 aliphatic carbocycles. The number of H-pyrrole nitrogens is 2. The molecule has 0 saturated heterocycles. The summed E-state index contributed by atoms with van der Waals surface area (Å²) in [7, 11) is -5.17. The van der Waals surface area contributed by atoms with Crippen molar-refractivity contribution in [3.63, 3.8) is 0 Å². The molecular formula is C24H26N4O4S. The SMILES string of the molecule is C=Cc1ccc(C[n+]2cc[nH]c2)cc1.C=Cc1ccc(C[n+]2cc[nH]c2)cc1.O=S(=O)([O-])[O-]. The van der Waals surface area contributed by atoms with Crippen LogP contribution in [0.5, 0.6) is 0 Å². The van der Waals surface area contributed by atoms with Crippen LogP contribution in [0.2, 0.25) is 0 Å². The lowest BCUT2D eigenvalue weighted by Gasteiger charge is -2.06. The molecule has 33 heavy (non-hydrogen) atoms. The molecule has 0 atom stereocenters. The highest BCUT2D eigenvalue weighted by Crippen LogP contribution is 2.05. The second kappa shape index (κ2) is 12.9. The largest absolute Gasteiger partial charge is 0.759 e. The zero-order chi connectivity index (χ0) is 24.1. The van der Waals surface area contributed by atoms with Crippen molar-refractivity contribution in [2.24, 2.45) is 0 Å². The summed E-state index contributed by atoms with van der Waals surface area (Å²) in [5.74, 6) is 0. The zero-order valence-electron chi connectivity index (χ0n) is 18.0. The molecule has 2 heterocycles. The Morgan fingerprint density at radius 3 is 1.30 bits per heavy atom. The second-order valence-electron chi connectivity index (χ2n) is 6.87. The Morgan fingerprint density at radius 2 is 1.06 bits per heavy atom. The number of benzene rings is 2. The third kappa shape index (κ3) is 10.9. The number of nitrogens with one attached hydrogen (secondary N) is 2. The van der Waals surface area contributed by atoms with Gasteiger partial charge >= 0.3 is 0 Å². The second-order valence-corrected chi connectivity index (χ2v) is 7.68. The van der Waals surface area contributed by atoms with Crippen LogP contribution in [-0.2, 0) is 23.5 Å². The maximum atomic E-state index is 8.52. The Balaban J connectivity index is 0.000000195. The van der Waals surface area contributed by atoms with Gasteiger partial charge in [0.1, 0.15) is 37.9 Å². The van der Waals surface area contributed by atoms with Crippen LogP contribution < -0.4 is 9.13 Å². The van der Waals surface area contributed by atoms with Gasteiger partial charge in [-0.05, 0) is 22.3 Å². The van der Waals surface area contributed by atoms with E-state index in [1.165, 1.54) is 11.1 Å². The summed E-state index contributed by atoms with van der Waals surface area (Å²) in [6.45, 7) is 9.26. The first-order chi connectivity index (χ1) is 15.8. The smallest absolute Gasteiger partial charge is 0.241 e. The summed E-state index contributed by atoms with van der Waals surface area (Å²) in [6.07, 6.45) is 15.5. The van der Waals surface area contributed by atoms with Crippen molar-refractivity contribution in [2.75, 3.05) is 0 Å². The Hall–Kier alpha value is -3.79. The third-order valence-corrected chi connectivity index (χ3v) is 4.37. The van der Waals surface area contributed by atoms with Crippen LogP contribution in [0.15, 0.2) is 99.1 Å². The maximum absolute atomic E-state index is 8.52. The van der Waals surface area contributed by atoms with Crippen LogP contribution in [0.1, 0.15) is 22.3 Å². The van der Waals surface area contributed by atoms with Gasteiger partial charge in [-0.15, -0.1) is 0 Å². The van der Waals surface area contributed by atoms with Gasteiger partial charge in [0, 0.05) is 10.4 Å². The molecule has 0 aliphatic heterocycles. The van der Waals surface area contributed by atoms with E-state index >= 15 is 0 Å². The van der Waals surface area contributed by atoms with Gasteiger partial charge in [-0.3, -0.25) is 18.4 Å². The Morgan fingerprint density at radius 1 is 0.727 bits per heavy atom. The van der Waals surface area contributed by atoms with Gasteiger partial charge in [0.05, 0.1) is 0 Å². The van der Waals surface area contributed by atoms with Crippen LogP contribution in [0, 0.1) is 0 Å². The summed E-state index contributed by atoms with van der Waals surface area (Å²) in [5.41, 5.74) is 4.90. The fourth-order valence-corrected chi connectivity index (χ4v) is 2.78. The zero-order valence-corrected chi connectivity index (χ0v) is 18.8. The summed E-state index contributed by atoms with van der Waals surface area (Å²) >= 11 is 0. The van der Waals surface area contributed by atoms with Crippen LogP contribution in [0.4, 0.5) is 0 Å². The Bertz CT molecular complexity index is 1110. The number of hydrogen-bond acceptors (Lipinski definition) is 4. The van der Waals surface area contributed by atoms with Gasteiger partial charge in [0.25, 0.3) is 0 Å². The molecule has 2 N–H and O–H groups in total. The molecule has 0 spiro atoms. The van der Waals surface area contributed by atoms with Crippen molar-refractivity contribution in [3.05, 3.63) is 121 Å². The van der Waals surface area contributed by atoms with E-state index in [0.29, 0.717) is 0 Å². The number of aromatic amines is 2. The minimum Gasteiger partial charge on any atom is -0.759 e. The monoisotopic (exact) mass is 466 g/mol. The average molecular weight is 467 g/mol. The van der Waals surface area contributed by atoms with Gasteiger partial charge in [-0.25, -0.2) is 9.13 Å². The molecule has 0 radical (unpaired) electrons. The quantitative estimate of drug-likeness (QED) is 0.258. The molecule has 2 aromatic carbocycles. The number of imidazole rings is 2. The van der Waals surface area contributed by atoms with Gasteiger partial charge in [0.15, 0.2) is 0 Å². The molecular weight excluding hydrogens is 440 g/mol. The Labute approximate surface area is 193 Å². The molecule has 8 nitrogen and oxygen atoms in total. The normalized spacial score (nSPS) is 10.2. The fraction of sp³-hybridized carbons (Fsp3) is 0.0833. The lowest BCUT2D eigenvalue weighted by Crippen LogP contribution is -2.30. The van der Waals surface area contributed by atoms with Crippen molar-refractivity contribution in [3.8, 4) is 0 Å². The first-order valence-electron chi connectivity index (χ1n) is 9.90. The van der Waals surface area contributed by atoms with Gasteiger partial charge in [-0.1, -0.05) is 73.8 Å². The standard InChI is InChI=1S/2C12H12N2.H2O4S/c2*1-2-11-3-5-12(6-4-11)9-14-8-7-13-10-14;1-5(2,3)4/h2*2-8,10H,1,9H2;(H2,1,2,3,4). The maximum Gasteiger partial charge on any atom is 0.241 e. The fourth-order valence-electron chi connectivity index (χ4n) is 2.78. The van der Waals surface area contributed by atoms with E-state index in [9.17, 15) is 0 Å². The molecule has 0 bridgehead atoms. The first kappa shape index (κ1) is 25.5. The van der Waals surface area contributed by atoms with Crippen molar-refractivity contribution in [1.82, 2.24) is 9.97 Å². The lowest BCUT2D eigenvalue weighted by atomic mass is 10.1. The molecule has 172 valence electrons. The highest BCUT2D eigenvalue weighted by molar-refractivity contribution is 7.79.